The Morgan fingerprint density at radius 1 is 1.22 bits per heavy atom. The fourth-order valence-corrected chi connectivity index (χ4v) is 3.12. The van der Waals surface area contributed by atoms with Gasteiger partial charge in [0.25, 0.3) is 0 Å². The Morgan fingerprint density at radius 2 is 1.91 bits per heavy atom. The van der Waals surface area contributed by atoms with Gasteiger partial charge in [-0.1, -0.05) is 12.1 Å². The van der Waals surface area contributed by atoms with E-state index in [9.17, 15) is 4.79 Å². The number of carbonyl (C=O) groups excluding carboxylic acids is 1. The lowest BCUT2D eigenvalue weighted by atomic mass is 10.2. The SMILES string of the molecule is COC(=O)c1ccccc1OCCCC[NH+]1C[C@H](C)O[C@@H](C)C1. The first-order valence-electron chi connectivity index (χ1n) is 8.39. The standard InChI is InChI=1S/C18H27NO4/c1-14-12-19(13-15(2)23-14)10-6-7-11-22-17-9-5-4-8-16(17)18(20)21-3/h4-5,8-9,14-15H,6-7,10-13H2,1-3H3/p+1/t14-,15-/m0/s1. The number of ether oxygens (including phenoxy) is 3. The van der Waals surface area contributed by atoms with Crippen molar-refractivity contribution in [2.24, 2.45) is 0 Å². The highest BCUT2D eigenvalue weighted by atomic mass is 16.5. The van der Waals surface area contributed by atoms with Gasteiger partial charge < -0.3 is 19.1 Å². The molecule has 0 amide bonds. The van der Waals surface area contributed by atoms with Crippen LogP contribution in [0.25, 0.3) is 0 Å². The first-order chi connectivity index (χ1) is 11.1. The molecule has 1 aliphatic heterocycles. The van der Waals surface area contributed by atoms with Crippen LogP contribution < -0.4 is 9.64 Å². The number of nitrogens with one attached hydrogen (secondary N) is 1. The van der Waals surface area contributed by atoms with Crippen molar-refractivity contribution in [3.05, 3.63) is 29.8 Å². The molecule has 0 aliphatic carbocycles. The Labute approximate surface area is 138 Å². The summed E-state index contributed by atoms with van der Waals surface area (Å²) in [5.74, 6) is 0.238. The van der Waals surface area contributed by atoms with E-state index >= 15 is 0 Å². The summed E-state index contributed by atoms with van der Waals surface area (Å²) < 4.78 is 16.3. The molecule has 5 heteroatoms. The number of morpholine rings is 1. The van der Waals surface area contributed by atoms with Crippen molar-refractivity contribution in [3.8, 4) is 5.75 Å². The number of benzene rings is 1. The van der Waals surface area contributed by atoms with Crippen molar-refractivity contribution >= 4 is 5.97 Å². The predicted molar refractivity (Wildman–Crippen MR) is 88.1 cm³/mol. The van der Waals surface area contributed by atoms with E-state index in [1.165, 1.54) is 7.11 Å². The fraction of sp³-hybridized carbons (Fsp3) is 0.611. The van der Waals surface area contributed by atoms with E-state index in [0.717, 1.165) is 32.5 Å². The molecule has 0 aromatic heterocycles. The second kappa shape index (κ2) is 8.89. The van der Waals surface area contributed by atoms with Crippen LogP contribution in [-0.2, 0) is 9.47 Å². The molecule has 23 heavy (non-hydrogen) atoms. The Kier molecular flexibility index (Phi) is 6.86. The normalized spacial score (nSPS) is 24.2. The van der Waals surface area contributed by atoms with Crippen LogP contribution in [0.5, 0.6) is 5.75 Å². The van der Waals surface area contributed by atoms with Gasteiger partial charge >= 0.3 is 5.97 Å². The molecule has 0 saturated carbocycles. The zero-order chi connectivity index (χ0) is 16.7. The van der Waals surface area contributed by atoms with Gasteiger partial charge in [0.15, 0.2) is 0 Å². The average molecular weight is 322 g/mol. The van der Waals surface area contributed by atoms with E-state index in [4.69, 9.17) is 14.2 Å². The number of rotatable bonds is 7. The number of esters is 1. The number of hydrogen-bond acceptors (Lipinski definition) is 4. The van der Waals surface area contributed by atoms with E-state index in [1.807, 2.05) is 18.2 Å². The molecule has 0 spiro atoms. The molecule has 1 aromatic carbocycles. The van der Waals surface area contributed by atoms with E-state index in [2.05, 4.69) is 13.8 Å². The van der Waals surface area contributed by atoms with Crippen molar-refractivity contribution in [3.63, 3.8) is 0 Å². The maximum Gasteiger partial charge on any atom is 0.341 e. The summed E-state index contributed by atoms with van der Waals surface area (Å²) in [7, 11) is 1.38. The first-order valence-corrected chi connectivity index (χ1v) is 8.39. The van der Waals surface area contributed by atoms with Crippen LogP contribution in [0, 0.1) is 0 Å². The van der Waals surface area contributed by atoms with Gasteiger partial charge in [-0.05, 0) is 38.8 Å². The van der Waals surface area contributed by atoms with Crippen LogP contribution in [0.1, 0.15) is 37.0 Å². The Morgan fingerprint density at radius 3 is 2.61 bits per heavy atom. The molecule has 1 fully saturated rings. The predicted octanol–water partition coefficient (Wildman–Crippen LogP) is 1.32. The molecule has 1 aromatic rings. The molecule has 0 radical (unpaired) electrons. The topological polar surface area (TPSA) is 49.2 Å². The molecule has 2 atom stereocenters. The lowest BCUT2D eigenvalue weighted by molar-refractivity contribution is -0.915. The number of carbonyl (C=O) groups is 1. The molecular weight excluding hydrogens is 294 g/mol. The third-order valence-corrected chi connectivity index (χ3v) is 4.09. The lowest BCUT2D eigenvalue weighted by Gasteiger charge is -2.32. The fourth-order valence-electron chi connectivity index (χ4n) is 3.12. The van der Waals surface area contributed by atoms with Crippen LogP contribution in [0.3, 0.4) is 0 Å². The third kappa shape index (κ3) is 5.52. The van der Waals surface area contributed by atoms with Gasteiger partial charge in [0.2, 0.25) is 0 Å². The summed E-state index contributed by atoms with van der Waals surface area (Å²) >= 11 is 0. The van der Waals surface area contributed by atoms with Crippen molar-refractivity contribution in [2.45, 2.75) is 38.9 Å². The summed E-state index contributed by atoms with van der Waals surface area (Å²) in [4.78, 5) is 13.3. The zero-order valence-electron chi connectivity index (χ0n) is 14.3. The number of quaternary nitrogens is 1. The third-order valence-electron chi connectivity index (χ3n) is 4.09. The van der Waals surface area contributed by atoms with E-state index in [-0.39, 0.29) is 5.97 Å². The van der Waals surface area contributed by atoms with Crippen LogP contribution in [0.4, 0.5) is 0 Å². The second-order valence-corrected chi connectivity index (χ2v) is 6.21. The van der Waals surface area contributed by atoms with Gasteiger partial charge in [0.05, 0.1) is 20.3 Å². The van der Waals surface area contributed by atoms with Crippen molar-refractivity contribution in [2.75, 3.05) is 33.4 Å². The first kappa shape index (κ1) is 17.8. The Bertz CT molecular complexity index is 496. The minimum absolute atomic E-state index is 0.344. The monoisotopic (exact) mass is 322 g/mol. The average Bonchev–Trinajstić information content (AvgIpc) is 2.53. The molecule has 0 bridgehead atoms. The summed E-state index contributed by atoms with van der Waals surface area (Å²) in [6, 6.07) is 7.20. The highest BCUT2D eigenvalue weighted by molar-refractivity contribution is 5.92. The van der Waals surface area contributed by atoms with Gasteiger partial charge in [-0.15, -0.1) is 0 Å². The van der Waals surface area contributed by atoms with E-state index < -0.39 is 0 Å². The summed E-state index contributed by atoms with van der Waals surface area (Å²) in [6.07, 6.45) is 2.77. The Balaban J connectivity index is 1.71. The van der Waals surface area contributed by atoms with E-state index in [1.54, 1.807) is 11.0 Å². The molecule has 128 valence electrons. The minimum Gasteiger partial charge on any atom is -0.493 e. The van der Waals surface area contributed by atoms with Gasteiger partial charge in [-0.3, -0.25) is 0 Å². The molecular formula is C18H28NO4+. The second-order valence-electron chi connectivity index (χ2n) is 6.21. The number of methoxy groups -OCH3 is 1. The Hall–Kier alpha value is -1.59. The molecule has 1 heterocycles. The molecule has 1 N–H and O–H groups in total. The maximum atomic E-state index is 11.7. The van der Waals surface area contributed by atoms with Crippen LogP contribution in [0.2, 0.25) is 0 Å². The molecule has 0 unspecified atom stereocenters. The van der Waals surface area contributed by atoms with Crippen molar-refractivity contribution in [1.82, 2.24) is 0 Å². The quantitative estimate of drug-likeness (QED) is 0.608. The molecule has 2 rings (SSSR count). The maximum absolute atomic E-state index is 11.7. The van der Waals surface area contributed by atoms with Gasteiger partial charge in [-0.2, -0.15) is 0 Å². The molecule has 1 saturated heterocycles. The lowest BCUT2D eigenvalue weighted by Crippen LogP contribution is -3.15. The minimum atomic E-state index is -0.360. The van der Waals surface area contributed by atoms with Crippen LogP contribution >= 0.6 is 0 Å². The van der Waals surface area contributed by atoms with Crippen LogP contribution in [-0.4, -0.2) is 51.5 Å². The zero-order valence-corrected chi connectivity index (χ0v) is 14.3. The molecule has 5 nitrogen and oxygen atoms in total. The molecule has 1 aliphatic rings. The van der Waals surface area contributed by atoms with Gasteiger partial charge in [-0.25, -0.2) is 4.79 Å². The smallest absolute Gasteiger partial charge is 0.341 e. The van der Waals surface area contributed by atoms with Crippen molar-refractivity contribution in [1.29, 1.82) is 0 Å². The number of para-hydroxylation sites is 1. The number of unbranched alkanes of at least 4 members (excludes halogenated alkanes) is 1. The summed E-state index contributed by atoms with van der Waals surface area (Å²) in [6.45, 7) is 8.20. The van der Waals surface area contributed by atoms with E-state index in [0.29, 0.717) is 30.1 Å². The van der Waals surface area contributed by atoms with Gasteiger partial charge in [0, 0.05) is 0 Å². The van der Waals surface area contributed by atoms with Crippen LogP contribution in [0.15, 0.2) is 24.3 Å². The highest BCUT2D eigenvalue weighted by Gasteiger charge is 2.24. The van der Waals surface area contributed by atoms with Crippen molar-refractivity contribution < 1.29 is 23.9 Å². The summed E-state index contributed by atoms with van der Waals surface area (Å²) in [5, 5.41) is 0. The largest absolute Gasteiger partial charge is 0.493 e. The van der Waals surface area contributed by atoms with Gasteiger partial charge in [0.1, 0.15) is 36.6 Å². The highest BCUT2D eigenvalue weighted by Crippen LogP contribution is 2.19. The summed E-state index contributed by atoms with van der Waals surface area (Å²) in [5.41, 5.74) is 0.483. The number of hydrogen-bond donors (Lipinski definition) is 1.